The summed E-state index contributed by atoms with van der Waals surface area (Å²) >= 11 is 0. The van der Waals surface area contributed by atoms with Gasteiger partial charge < -0.3 is 40.1 Å². The lowest BCUT2D eigenvalue weighted by Gasteiger charge is -2.40. The zero-order valence-electron chi connectivity index (χ0n) is 46.2. The number of ether oxygens (including phenoxy) is 1. The normalized spacial score (nSPS) is 16.5. The Morgan fingerprint density at radius 1 is 0.926 bits per heavy atom. The second-order valence-electron chi connectivity index (χ2n) is 22.4. The minimum atomic E-state index is -1.10. The highest BCUT2D eigenvalue weighted by Gasteiger charge is 2.45. The van der Waals surface area contributed by atoms with Gasteiger partial charge in [0.2, 0.25) is 23.6 Å². The van der Waals surface area contributed by atoms with E-state index in [0.29, 0.717) is 115 Å². The second kappa shape index (κ2) is 24.1. The Morgan fingerprint density at radius 2 is 1.72 bits per heavy atom. The fourth-order valence-electron chi connectivity index (χ4n) is 10.0. The molecule has 3 aliphatic heterocycles. The van der Waals surface area contributed by atoms with E-state index in [0.717, 1.165) is 0 Å². The van der Waals surface area contributed by atoms with Gasteiger partial charge in [-0.1, -0.05) is 44.2 Å². The molecule has 2 fully saturated rings. The quantitative estimate of drug-likeness (QED) is 0.0816. The number of aromatic nitrogens is 8. The van der Waals surface area contributed by atoms with Gasteiger partial charge in [-0.25, -0.2) is 34.4 Å². The van der Waals surface area contributed by atoms with Crippen molar-refractivity contribution >= 4 is 47.0 Å². The van der Waals surface area contributed by atoms with Crippen LogP contribution < -0.4 is 25.2 Å². The molecule has 2 saturated heterocycles. The van der Waals surface area contributed by atoms with Gasteiger partial charge in [-0.15, -0.1) is 5.10 Å². The fraction of sp³-hybridized carbons (Fsp3) is 0.414. The number of carbonyl (C=O) groups excluding carboxylic acids is 5. The zero-order chi connectivity index (χ0) is 57.6. The Kier molecular flexibility index (Phi) is 16.9. The molecule has 0 aliphatic carbocycles. The molecule has 3 N–H and O–H groups in total. The summed E-state index contributed by atoms with van der Waals surface area (Å²) in [7, 11) is 0. The third-order valence-corrected chi connectivity index (χ3v) is 14.8. The number of piperazine rings is 1. The van der Waals surface area contributed by atoms with E-state index in [2.05, 4.69) is 51.9 Å². The SMILES string of the molecule is C[C@@H]1CN(c2ncc(-c3ccc4c(n3)N(Cc3cccnc3C#N)C(C)(C)C4=O)cn2)CCN1C(=O)CNC(=O)CCCN1CC(C(=O)Cn2cc(-c3cccc(Oc4ccc(C(=O)N[C@@H](CCC(C)(C)C)C(=O)O)cn4)c3)nn2)C1. The first-order valence-corrected chi connectivity index (χ1v) is 27.0. The van der Waals surface area contributed by atoms with Crippen LogP contribution in [-0.4, -0.2) is 154 Å². The summed E-state index contributed by atoms with van der Waals surface area (Å²) in [5.74, 6) is -0.534. The maximum Gasteiger partial charge on any atom is 0.326 e. The summed E-state index contributed by atoms with van der Waals surface area (Å²) in [4.78, 5) is 108. The van der Waals surface area contributed by atoms with Gasteiger partial charge in [-0.2, -0.15) is 5.26 Å². The minimum absolute atomic E-state index is 0.0274. The molecule has 3 aliphatic rings. The fourth-order valence-corrected chi connectivity index (χ4v) is 10.0. The Balaban J connectivity index is 0.664. The van der Waals surface area contributed by atoms with Crippen molar-refractivity contribution in [3.05, 3.63) is 114 Å². The van der Waals surface area contributed by atoms with Crippen molar-refractivity contribution in [3.8, 4) is 40.2 Å². The number of nitrogens with one attached hydrogen (secondary N) is 2. The number of anilines is 2. The number of nitriles is 1. The van der Waals surface area contributed by atoms with Crippen LogP contribution in [0.4, 0.5) is 11.8 Å². The van der Waals surface area contributed by atoms with Crippen LogP contribution in [0.15, 0.2) is 91.6 Å². The van der Waals surface area contributed by atoms with Crippen LogP contribution in [-0.2, 0) is 32.3 Å². The number of benzene rings is 1. The minimum Gasteiger partial charge on any atom is -0.480 e. The summed E-state index contributed by atoms with van der Waals surface area (Å²) in [6.45, 7) is 15.1. The molecule has 3 amide bonds. The van der Waals surface area contributed by atoms with Crippen molar-refractivity contribution in [3.63, 3.8) is 0 Å². The van der Waals surface area contributed by atoms with Crippen LogP contribution in [0, 0.1) is 22.7 Å². The first-order valence-electron chi connectivity index (χ1n) is 27.0. The highest BCUT2D eigenvalue weighted by Crippen LogP contribution is 2.40. The van der Waals surface area contributed by atoms with E-state index in [-0.39, 0.29) is 78.3 Å². The molecule has 0 radical (unpaired) electrons. The van der Waals surface area contributed by atoms with Crippen LogP contribution in [0.3, 0.4) is 0 Å². The standard InChI is InChI=1S/C58H65N15O8/c1-36-30-70(56-63-27-40(28-64-56)44-16-15-43-52(77)58(5,6)73(53(43)65-44)33-39-11-8-20-60-46(39)25-59)22-23-72(36)51(76)29-61-49(75)13-9-21-69-31-41(32-69)48(74)35-71-34-47(67-68-71)37-10-7-12-42(24-37)81-50-17-14-38(26-62-50)54(78)66-45(55(79)80)18-19-57(2,3)4/h7-8,10-12,14-17,20,24,26-28,34,36,41,45H,9,13,18-19,21-23,29-33,35H2,1-6H3,(H,61,75)(H,66,78)(H,79,80)/t36-,45+/m1/s1. The maximum absolute atomic E-state index is 13.5. The number of hydrogen-bond donors (Lipinski definition) is 3. The Bertz CT molecular complexity index is 3370. The van der Waals surface area contributed by atoms with Gasteiger partial charge in [-0.05, 0) is 88.4 Å². The summed E-state index contributed by atoms with van der Waals surface area (Å²) in [6.07, 6.45) is 9.71. The van der Waals surface area contributed by atoms with Gasteiger partial charge in [0.05, 0.1) is 35.1 Å². The number of carboxylic acid groups (broad SMARTS) is 1. The molecule has 0 bridgehead atoms. The van der Waals surface area contributed by atoms with E-state index in [4.69, 9.17) is 9.72 Å². The van der Waals surface area contributed by atoms with Gasteiger partial charge in [0, 0.05) is 105 Å². The van der Waals surface area contributed by atoms with Gasteiger partial charge in [0.15, 0.2) is 11.6 Å². The van der Waals surface area contributed by atoms with Crippen molar-refractivity contribution in [2.45, 2.75) is 97.9 Å². The highest BCUT2D eigenvalue weighted by molar-refractivity contribution is 6.13. The number of amides is 3. The van der Waals surface area contributed by atoms with E-state index in [9.17, 15) is 39.1 Å². The smallest absolute Gasteiger partial charge is 0.326 e. The molecule has 81 heavy (non-hydrogen) atoms. The van der Waals surface area contributed by atoms with E-state index in [1.807, 2.05) is 63.5 Å². The lowest BCUT2D eigenvalue weighted by molar-refractivity contribution is -0.139. The van der Waals surface area contributed by atoms with Crippen molar-refractivity contribution in [2.24, 2.45) is 11.3 Å². The highest BCUT2D eigenvalue weighted by atomic mass is 16.5. The molecular weight excluding hydrogens is 1030 g/mol. The largest absolute Gasteiger partial charge is 0.480 e. The number of rotatable bonds is 21. The van der Waals surface area contributed by atoms with Gasteiger partial charge in [0.25, 0.3) is 5.91 Å². The molecule has 23 nitrogen and oxygen atoms in total. The van der Waals surface area contributed by atoms with Crippen molar-refractivity contribution in [1.82, 2.24) is 60.3 Å². The van der Waals surface area contributed by atoms with Crippen LogP contribution in [0.25, 0.3) is 22.5 Å². The molecule has 0 unspecified atom stereocenters. The Labute approximate surface area is 468 Å². The molecule has 6 aromatic rings. The number of ketones is 2. The van der Waals surface area contributed by atoms with Crippen LogP contribution in [0.1, 0.15) is 99.2 Å². The maximum atomic E-state index is 13.5. The molecule has 23 heteroatoms. The number of carboxylic acids is 1. The average Bonchev–Trinajstić information content (AvgIpc) is 4.16. The molecule has 9 rings (SSSR count). The van der Waals surface area contributed by atoms with Crippen molar-refractivity contribution < 1.29 is 38.6 Å². The topological polar surface area (TPSA) is 288 Å². The van der Waals surface area contributed by atoms with E-state index in [1.54, 1.807) is 66.1 Å². The van der Waals surface area contributed by atoms with Crippen LogP contribution in [0.5, 0.6) is 11.6 Å². The second-order valence-corrected chi connectivity index (χ2v) is 22.4. The summed E-state index contributed by atoms with van der Waals surface area (Å²) in [5.41, 5.74) is 3.21. The number of nitrogens with zero attached hydrogens (tertiary/aromatic N) is 13. The van der Waals surface area contributed by atoms with E-state index >= 15 is 0 Å². The molecule has 5 aromatic heterocycles. The zero-order valence-corrected chi connectivity index (χ0v) is 46.2. The first kappa shape index (κ1) is 56.7. The average molecular weight is 1100 g/mol. The lowest BCUT2D eigenvalue weighted by Crippen LogP contribution is -2.56. The van der Waals surface area contributed by atoms with Crippen LogP contribution >= 0.6 is 0 Å². The third kappa shape index (κ3) is 13.5. The molecule has 1 aromatic carbocycles. The summed E-state index contributed by atoms with van der Waals surface area (Å²) < 4.78 is 7.45. The molecule has 420 valence electrons. The number of pyridine rings is 3. The molecule has 2 atom stereocenters. The predicted molar refractivity (Wildman–Crippen MR) is 297 cm³/mol. The lowest BCUT2D eigenvalue weighted by atomic mass is 9.88. The van der Waals surface area contributed by atoms with E-state index in [1.165, 1.54) is 23.0 Å². The number of likely N-dealkylation sites (tertiary alicyclic amines) is 1. The summed E-state index contributed by atoms with van der Waals surface area (Å²) in [5, 5.41) is 33.1. The number of carbonyl (C=O) groups is 6. The van der Waals surface area contributed by atoms with Gasteiger partial charge in [-0.3, -0.25) is 24.0 Å². The summed E-state index contributed by atoms with van der Waals surface area (Å²) in [6, 6.07) is 18.2. The van der Waals surface area contributed by atoms with Crippen molar-refractivity contribution in [1.29, 1.82) is 5.26 Å². The number of aliphatic carboxylic acids is 1. The van der Waals surface area contributed by atoms with Crippen LogP contribution in [0.2, 0.25) is 0 Å². The Hall–Kier alpha value is -9.04. The monoisotopic (exact) mass is 1100 g/mol. The van der Waals surface area contributed by atoms with E-state index < -0.39 is 23.5 Å². The number of fused-ring (bicyclic) bond motifs is 1. The molecule has 8 heterocycles. The number of hydrogen-bond acceptors (Lipinski definition) is 18. The van der Waals surface area contributed by atoms with Gasteiger partial charge >= 0.3 is 5.97 Å². The molecule has 0 spiro atoms. The van der Waals surface area contributed by atoms with Gasteiger partial charge in [0.1, 0.15) is 41.6 Å². The predicted octanol–water partition coefficient (Wildman–Crippen LogP) is 5.38. The first-order chi connectivity index (χ1) is 38.7. The molecular formula is C58H65N15O8. The van der Waals surface area contributed by atoms with Crippen molar-refractivity contribution in [2.75, 3.05) is 55.6 Å². The number of Topliss-reactive ketones (excluding diaryl/α,β-unsaturated/α-hetero) is 2. The third-order valence-electron chi connectivity index (χ3n) is 14.8. The molecule has 0 saturated carbocycles. The Morgan fingerprint density at radius 3 is 2.43 bits per heavy atom.